The molecule has 3 aromatic carbocycles. The fourth-order valence-corrected chi connectivity index (χ4v) is 3.12. The molecule has 0 atom stereocenters. The van der Waals surface area contributed by atoms with Crippen molar-refractivity contribution in [2.75, 3.05) is 26.6 Å². The number of methoxy groups -OCH3 is 2. The zero-order chi connectivity index (χ0) is 20.2. The van der Waals surface area contributed by atoms with E-state index in [-0.39, 0.29) is 0 Å². The van der Waals surface area contributed by atoms with Crippen LogP contribution < -0.4 is 19.5 Å². The molecule has 29 heavy (non-hydrogen) atoms. The molecule has 0 aliphatic carbocycles. The van der Waals surface area contributed by atoms with E-state index in [1.807, 2.05) is 66.7 Å². The van der Waals surface area contributed by atoms with E-state index < -0.39 is 0 Å². The lowest BCUT2D eigenvalue weighted by atomic mass is 10.1. The number of nitrogens with zero attached hydrogens (tertiary/aromatic N) is 2. The summed E-state index contributed by atoms with van der Waals surface area (Å²) < 4.78 is 16.9. The van der Waals surface area contributed by atoms with Gasteiger partial charge in [0.15, 0.2) is 11.5 Å². The molecule has 0 saturated heterocycles. The minimum Gasteiger partial charge on any atom is -0.493 e. The van der Waals surface area contributed by atoms with E-state index in [4.69, 9.17) is 19.2 Å². The lowest BCUT2D eigenvalue weighted by molar-refractivity contribution is 0.356. The molecule has 146 valence electrons. The molecule has 4 rings (SSSR count). The SMILES string of the molecule is CNc1nc(-c2cccc(Oc3ccccc3)c2)c2cc(OC)c(OC)cc2n1. The van der Waals surface area contributed by atoms with Gasteiger partial charge in [-0.3, -0.25) is 0 Å². The van der Waals surface area contributed by atoms with Crippen LogP contribution in [0, 0.1) is 0 Å². The first kappa shape index (κ1) is 18.6. The van der Waals surface area contributed by atoms with Gasteiger partial charge in [0.2, 0.25) is 5.95 Å². The third-order valence-electron chi connectivity index (χ3n) is 4.51. The predicted octanol–water partition coefficient (Wildman–Crippen LogP) is 5.15. The van der Waals surface area contributed by atoms with E-state index in [1.165, 1.54) is 0 Å². The first-order chi connectivity index (χ1) is 14.2. The fourth-order valence-electron chi connectivity index (χ4n) is 3.12. The third-order valence-corrected chi connectivity index (χ3v) is 4.51. The van der Waals surface area contributed by atoms with Crippen LogP contribution in [-0.4, -0.2) is 31.2 Å². The Bertz CT molecular complexity index is 1150. The minimum atomic E-state index is 0.522. The maximum absolute atomic E-state index is 5.99. The van der Waals surface area contributed by atoms with Crippen molar-refractivity contribution >= 4 is 16.9 Å². The van der Waals surface area contributed by atoms with Crippen molar-refractivity contribution in [1.29, 1.82) is 0 Å². The van der Waals surface area contributed by atoms with Crippen LogP contribution in [0.2, 0.25) is 0 Å². The summed E-state index contributed by atoms with van der Waals surface area (Å²) in [4.78, 5) is 9.26. The van der Waals surface area contributed by atoms with Gasteiger partial charge >= 0.3 is 0 Å². The first-order valence-electron chi connectivity index (χ1n) is 9.16. The number of hydrogen-bond donors (Lipinski definition) is 1. The van der Waals surface area contributed by atoms with Gasteiger partial charge in [-0.1, -0.05) is 30.3 Å². The average Bonchev–Trinajstić information content (AvgIpc) is 2.78. The molecule has 0 radical (unpaired) electrons. The summed E-state index contributed by atoms with van der Waals surface area (Å²) in [5.74, 6) is 3.27. The molecule has 6 nitrogen and oxygen atoms in total. The standard InChI is InChI=1S/C23H21N3O3/c1-24-23-25-19-14-21(28-3)20(27-2)13-18(19)22(26-23)15-8-7-11-17(12-15)29-16-9-5-4-6-10-16/h4-14H,1-3H3,(H,24,25,26). The number of para-hydroxylation sites is 1. The van der Waals surface area contributed by atoms with Crippen LogP contribution >= 0.6 is 0 Å². The van der Waals surface area contributed by atoms with Crippen molar-refractivity contribution in [3.63, 3.8) is 0 Å². The second-order valence-corrected chi connectivity index (χ2v) is 6.31. The Labute approximate surface area is 169 Å². The molecule has 1 heterocycles. The Hall–Kier alpha value is -3.80. The quantitative estimate of drug-likeness (QED) is 0.494. The van der Waals surface area contributed by atoms with Crippen molar-refractivity contribution in [2.24, 2.45) is 0 Å². The number of rotatable bonds is 6. The number of fused-ring (bicyclic) bond motifs is 1. The average molecular weight is 387 g/mol. The van der Waals surface area contributed by atoms with Crippen LogP contribution in [0.5, 0.6) is 23.0 Å². The predicted molar refractivity (Wildman–Crippen MR) is 114 cm³/mol. The van der Waals surface area contributed by atoms with Gasteiger partial charge in [0, 0.05) is 24.1 Å². The molecular weight excluding hydrogens is 366 g/mol. The zero-order valence-corrected chi connectivity index (χ0v) is 16.5. The van der Waals surface area contributed by atoms with Crippen LogP contribution in [0.15, 0.2) is 66.7 Å². The Morgan fingerprint density at radius 1 is 0.759 bits per heavy atom. The van der Waals surface area contributed by atoms with Gasteiger partial charge in [-0.25, -0.2) is 9.97 Å². The van der Waals surface area contributed by atoms with Crippen LogP contribution in [0.1, 0.15) is 0 Å². The first-order valence-corrected chi connectivity index (χ1v) is 9.16. The van der Waals surface area contributed by atoms with Crippen LogP contribution in [0.25, 0.3) is 22.2 Å². The van der Waals surface area contributed by atoms with E-state index in [0.29, 0.717) is 17.4 Å². The normalized spacial score (nSPS) is 10.6. The second-order valence-electron chi connectivity index (χ2n) is 6.31. The number of hydrogen-bond acceptors (Lipinski definition) is 6. The number of ether oxygens (including phenoxy) is 3. The highest BCUT2D eigenvalue weighted by Gasteiger charge is 2.15. The summed E-state index contributed by atoms with van der Waals surface area (Å²) in [5.41, 5.74) is 2.44. The molecule has 0 aliphatic heterocycles. The van der Waals surface area contributed by atoms with Gasteiger partial charge in [-0.15, -0.1) is 0 Å². The van der Waals surface area contributed by atoms with Gasteiger partial charge in [-0.05, 0) is 30.3 Å². The van der Waals surface area contributed by atoms with Gasteiger partial charge in [-0.2, -0.15) is 0 Å². The number of aromatic nitrogens is 2. The maximum atomic E-state index is 5.99. The monoisotopic (exact) mass is 387 g/mol. The Morgan fingerprint density at radius 2 is 1.48 bits per heavy atom. The highest BCUT2D eigenvalue weighted by molar-refractivity contribution is 5.95. The molecule has 0 aliphatic rings. The van der Waals surface area contributed by atoms with Crippen LogP contribution in [0.3, 0.4) is 0 Å². The van der Waals surface area contributed by atoms with Gasteiger partial charge < -0.3 is 19.5 Å². The molecule has 0 spiro atoms. The van der Waals surface area contributed by atoms with Gasteiger partial charge in [0.05, 0.1) is 25.4 Å². The summed E-state index contributed by atoms with van der Waals surface area (Å²) in [6.07, 6.45) is 0. The van der Waals surface area contributed by atoms with E-state index in [2.05, 4.69) is 10.3 Å². The molecule has 0 fully saturated rings. The van der Waals surface area contributed by atoms with Crippen molar-refractivity contribution < 1.29 is 14.2 Å². The Kier molecular flexibility index (Phi) is 5.16. The van der Waals surface area contributed by atoms with Crippen LogP contribution in [-0.2, 0) is 0 Å². The Balaban J connectivity index is 1.85. The van der Waals surface area contributed by atoms with Crippen LogP contribution in [0.4, 0.5) is 5.95 Å². The van der Waals surface area contributed by atoms with Crippen molar-refractivity contribution in [3.8, 4) is 34.3 Å². The fraction of sp³-hybridized carbons (Fsp3) is 0.130. The molecule has 0 amide bonds. The molecular formula is C23H21N3O3. The molecule has 0 saturated carbocycles. The number of anilines is 1. The summed E-state index contributed by atoms with van der Waals surface area (Å²) in [7, 11) is 5.01. The van der Waals surface area contributed by atoms with Crippen molar-refractivity contribution in [2.45, 2.75) is 0 Å². The highest BCUT2D eigenvalue weighted by atomic mass is 16.5. The lowest BCUT2D eigenvalue weighted by Gasteiger charge is -2.13. The van der Waals surface area contributed by atoms with Gasteiger partial charge in [0.25, 0.3) is 0 Å². The zero-order valence-electron chi connectivity index (χ0n) is 16.5. The van der Waals surface area contributed by atoms with Crippen molar-refractivity contribution in [3.05, 3.63) is 66.7 Å². The summed E-state index contributed by atoms with van der Waals surface area (Å²) in [5, 5.41) is 3.88. The third kappa shape index (κ3) is 3.78. The summed E-state index contributed by atoms with van der Waals surface area (Å²) in [6, 6.07) is 21.2. The van der Waals surface area contributed by atoms with E-state index >= 15 is 0 Å². The largest absolute Gasteiger partial charge is 0.493 e. The topological polar surface area (TPSA) is 65.5 Å². The molecule has 6 heteroatoms. The van der Waals surface area contributed by atoms with Crippen molar-refractivity contribution in [1.82, 2.24) is 9.97 Å². The van der Waals surface area contributed by atoms with E-state index in [0.717, 1.165) is 33.7 Å². The number of benzene rings is 3. The Morgan fingerprint density at radius 3 is 2.21 bits per heavy atom. The molecule has 0 bridgehead atoms. The second kappa shape index (κ2) is 8.06. The summed E-state index contributed by atoms with van der Waals surface area (Å²) in [6.45, 7) is 0. The lowest BCUT2D eigenvalue weighted by Crippen LogP contribution is -2.00. The minimum absolute atomic E-state index is 0.522. The molecule has 4 aromatic rings. The van der Waals surface area contributed by atoms with E-state index in [9.17, 15) is 0 Å². The summed E-state index contributed by atoms with van der Waals surface area (Å²) >= 11 is 0. The van der Waals surface area contributed by atoms with E-state index in [1.54, 1.807) is 21.3 Å². The molecule has 0 unspecified atom stereocenters. The van der Waals surface area contributed by atoms with Gasteiger partial charge in [0.1, 0.15) is 11.5 Å². The highest BCUT2D eigenvalue weighted by Crippen LogP contribution is 2.37. The number of nitrogens with one attached hydrogen (secondary N) is 1. The maximum Gasteiger partial charge on any atom is 0.223 e. The molecule has 1 N–H and O–H groups in total. The molecule has 1 aromatic heterocycles. The smallest absolute Gasteiger partial charge is 0.223 e.